The maximum absolute atomic E-state index is 11.8. The minimum atomic E-state index is -0.0345. The number of aryl methyl sites for hydroxylation is 1. The molecule has 0 N–H and O–H groups in total. The van der Waals surface area contributed by atoms with E-state index in [1.54, 1.807) is 7.05 Å². The molecule has 1 aromatic rings. The number of nitrogens with zero attached hydrogens (tertiary/aromatic N) is 2. The zero-order valence-electron chi connectivity index (χ0n) is 9.43. The predicted octanol–water partition coefficient (Wildman–Crippen LogP) is 0.800. The summed E-state index contributed by atoms with van der Waals surface area (Å²) >= 11 is 0. The van der Waals surface area contributed by atoms with Crippen LogP contribution in [-0.2, 0) is 9.59 Å². The maximum Gasteiger partial charge on any atom is 0.247 e. The van der Waals surface area contributed by atoms with Crippen molar-refractivity contribution in [3.8, 4) is 0 Å². The molecule has 0 bridgehead atoms. The van der Waals surface area contributed by atoms with Crippen molar-refractivity contribution in [3.05, 3.63) is 29.8 Å². The Morgan fingerprint density at radius 3 is 2.56 bits per heavy atom. The predicted molar refractivity (Wildman–Crippen MR) is 61.2 cm³/mol. The topological polar surface area (TPSA) is 40.6 Å². The molecule has 4 heteroatoms. The summed E-state index contributed by atoms with van der Waals surface area (Å²) in [5.74, 6) is -0.0613. The molecule has 0 aromatic heterocycles. The van der Waals surface area contributed by atoms with Gasteiger partial charge in [-0.2, -0.15) is 0 Å². The fourth-order valence-corrected chi connectivity index (χ4v) is 1.75. The monoisotopic (exact) mass is 218 g/mol. The Morgan fingerprint density at radius 2 is 1.88 bits per heavy atom. The summed E-state index contributed by atoms with van der Waals surface area (Å²) < 4.78 is 0. The van der Waals surface area contributed by atoms with E-state index < -0.39 is 0 Å². The largest absolute Gasteiger partial charge is 0.335 e. The van der Waals surface area contributed by atoms with Crippen molar-refractivity contribution in [1.82, 2.24) is 4.90 Å². The van der Waals surface area contributed by atoms with Gasteiger partial charge in [0.15, 0.2) is 0 Å². The molecule has 0 saturated carbocycles. The molecular weight excluding hydrogens is 204 g/mol. The van der Waals surface area contributed by atoms with Crippen LogP contribution in [0.4, 0.5) is 5.69 Å². The minimum Gasteiger partial charge on any atom is -0.335 e. The summed E-state index contributed by atoms with van der Waals surface area (Å²) in [6, 6.07) is 7.62. The molecule has 1 fully saturated rings. The van der Waals surface area contributed by atoms with Gasteiger partial charge in [-0.3, -0.25) is 9.59 Å². The minimum absolute atomic E-state index is 0.0268. The van der Waals surface area contributed by atoms with Gasteiger partial charge in [0.05, 0.1) is 6.54 Å². The number of anilines is 1. The van der Waals surface area contributed by atoms with Crippen LogP contribution in [-0.4, -0.2) is 36.9 Å². The van der Waals surface area contributed by atoms with E-state index in [0.29, 0.717) is 0 Å². The highest BCUT2D eigenvalue weighted by molar-refractivity contribution is 6.04. The zero-order valence-corrected chi connectivity index (χ0v) is 9.43. The fourth-order valence-electron chi connectivity index (χ4n) is 1.75. The molecule has 4 nitrogen and oxygen atoms in total. The Kier molecular flexibility index (Phi) is 2.64. The van der Waals surface area contributed by atoms with Crippen molar-refractivity contribution in [2.75, 3.05) is 25.0 Å². The second-order valence-electron chi connectivity index (χ2n) is 4.07. The van der Waals surface area contributed by atoms with Crippen molar-refractivity contribution in [2.24, 2.45) is 0 Å². The highest BCUT2D eigenvalue weighted by Gasteiger charge is 2.28. The SMILES string of the molecule is Cc1cccc(N2CC(=O)N(C)CC2=O)c1. The van der Waals surface area contributed by atoms with Crippen LogP contribution in [0, 0.1) is 6.92 Å². The Balaban J connectivity index is 2.27. The maximum atomic E-state index is 11.8. The molecule has 2 amide bonds. The van der Waals surface area contributed by atoms with Crippen LogP contribution in [0.25, 0.3) is 0 Å². The van der Waals surface area contributed by atoms with Gasteiger partial charge < -0.3 is 9.80 Å². The van der Waals surface area contributed by atoms with Crippen molar-refractivity contribution in [2.45, 2.75) is 6.92 Å². The second kappa shape index (κ2) is 3.96. The first kappa shape index (κ1) is 10.7. The third-order valence-corrected chi connectivity index (χ3v) is 2.71. The van der Waals surface area contributed by atoms with E-state index >= 15 is 0 Å². The molecule has 84 valence electrons. The lowest BCUT2D eigenvalue weighted by Crippen LogP contribution is -2.52. The highest BCUT2D eigenvalue weighted by atomic mass is 16.2. The quantitative estimate of drug-likeness (QED) is 0.699. The summed E-state index contributed by atoms with van der Waals surface area (Å²) in [6.07, 6.45) is 0. The molecule has 16 heavy (non-hydrogen) atoms. The van der Waals surface area contributed by atoms with Crippen LogP contribution in [0.15, 0.2) is 24.3 Å². The summed E-state index contributed by atoms with van der Waals surface area (Å²) in [6.45, 7) is 2.26. The average molecular weight is 218 g/mol. The van der Waals surface area contributed by atoms with Crippen molar-refractivity contribution >= 4 is 17.5 Å². The van der Waals surface area contributed by atoms with Gasteiger partial charge in [-0.15, -0.1) is 0 Å². The second-order valence-corrected chi connectivity index (χ2v) is 4.07. The van der Waals surface area contributed by atoms with Gasteiger partial charge in [-0.05, 0) is 24.6 Å². The van der Waals surface area contributed by atoms with Crippen LogP contribution >= 0.6 is 0 Å². The van der Waals surface area contributed by atoms with Gasteiger partial charge in [0.2, 0.25) is 11.8 Å². The molecule has 1 aliphatic heterocycles. The van der Waals surface area contributed by atoms with E-state index in [9.17, 15) is 9.59 Å². The lowest BCUT2D eigenvalue weighted by atomic mass is 10.2. The van der Waals surface area contributed by atoms with Crippen molar-refractivity contribution in [3.63, 3.8) is 0 Å². The Labute approximate surface area is 94.5 Å². The van der Waals surface area contributed by atoms with E-state index in [1.165, 1.54) is 9.80 Å². The summed E-state index contributed by atoms with van der Waals surface area (Å²) in [5.41, 5.74) is 1.88. The molecule has 1 saturated heterocycles. The smallest absolute Gasteiger partial charge is 0.247 e. The molecule has 1 aromatic carbocycles. The normalized spacial score (nSPS) is 16.9. The van der Waals surface area contributed by atoms with Gasteiger partial charge in [0.1, 0.15) is 6.54 Å². The molecule has 1 heterocycles. The van der Waals surface area contributed by atoms with Crippen LogP contribution < -0.4 is 4.90 Å². The molecule has 0 spiro atoms. The Hall–Kier alpha value is -1.84. The van der Waals surface area contributed by atoms with Gasteiger partial charge in [-0.1, -0.05) is 12.1 Å². The van der Waals surface area contributed by atoms with Crippen LogP contribution in [0.1, 0.15) is 5.56 Å². The first-order valence-corrected chi connectivity index (χ1v) is 5.19. The van der Waals surface area contributed by atoms with E-state index in [0.717, 1.165) is 11.3 Å². The molecule has 0 aliphatic carbocycles. The third-order valence-electron chi connectivity index (χ3n) is 2.71. The highest BCUT2D eigenvalue weighted by Crippen LogP contribution is 2.18. The summed E-state index contributed by atoms with van der Waals surface area (Å²) in [4.78, 5) is 26.3. The van der Waals surface area contributed by atoms with E-state index in [4.69, 9.17) is 0 Å². The van der Waals surface area contributed by atoms with Gasteiger partial charge in [0.25, 0.3) is 0 Å². The Bertz CT molecular complexity index is 442. The van der Waals surface area contributed by atoms with Crippen LogP contribution in [0.3, 0.4) is 0 Å². The van der Waals surface area contributed by atoms with Gasteiger partial charge in [0, 0.05) is 12.7 Å². The van der Waals surface area contributed by atoms with Gasteiger partial charge >= 0.3 is 0 Å². The van der Waals surface area contributed by atoms with Gasteiger partial charge in [-0.25, -0.2) is 0 Å². The summed E-state index contributed by atoms with van der Waals surface area (Å²) in [5, 5.41) is 0. The molecule has 0 radical (unpaired) electrons. The van der Waals surface area contributed by atoms with Crippen LogP contribution in [0.2, 0.25) is 0 Å². The fraction of sp³-hybridized carbons (Fsp3) is 0.333. The number of carbonyl (C=O) groups excluding carboxylic acids is 2. The molecule has 0 atom stereocenters. The molecule has 1 aliphatic rings. The van der Waals surface area contributed by atoms with E-state index in [-0.39, 0.29) is 24.9 Å². The number of benzene rings is 1. The first-order chi connectivity index (χ1) is 7.58. The van der Waals surface area contributed by atoms with Crippen molar-refractivity contribution < 1.29 is 9.59 Å². The average Bonchev–Trinajstić information content (AvgIpc) is 2.23. The lowest BCUT2D eigenvalue weighted by Gasteiger charge is -2.31. The third kappa shape index (κ3) is 1.91. The van der Waals surface area contributed by atoms with E-state index in [1.807, 2.05) is 31.2 Å². The molecular formula is C12H14N2O2. The van der Waals surface area contributed by atoms with Crippen molar-refractivity contribution in [1.29, 1.82) is 0 Å². The Morgan fingerprint density at radius 1 is 1.12 bits per heavy atom. The zero-order chi connectivity index (χ0) is 11.7. The number of rotatable bonds is 1. The number of hydrogen-bond donors (Lipinski definition) is 0. The standard InChI is InChI=1S/C12H14N2O2/c1-9-4-3-5-10(6-9)14-8-11(15)13(2)7-12(14)16/h3-6H,7-8H2,1-2H3. The number of piperazine rings is 1. The lowest BCUT2D eigenvalue weighted by molar-refractivity contribution is -0.136. The molecule has 0 unspecified atom stereocenters. The number of amides is 2. The summed E-state index contributed by atoms with van der Waals surface area (Å²) in [7, 11) is 1.65. The first-order valence-electron chi connectivity index (χ1n) is 5.19. The van der Waals surface area contributed by atoms with E-state index in [2.05, 4.69) is 0 Å². The number of likely N-dealkylation sites (N-methyl/N-ethyl adjacent to an activating group) is 1. The number of hydrogen-bond acceptors (Lipinski definition) is 2. The van der Waals surface area contributed by atoms with Crippen LogP contribution in [0.5, 0.6) is 0 Å². The number of carbonyl (C=O) groups is 2. The molecule has 2 rings (SSSR count).